The van der Waals surface area contributed by atoms with Crippen LogP contribution in [0.15, 0.2) is 24.3 Å². The molecule has 2 unspecified atom stereocenters. The molecule has 94 valence electrons. The number of halogens is 1. The number of nitrogens with two attached hydrogens (primary N) is 1. The first-order valence-electron chi connectivity index (χ1n) is 6.49. The second-order valence-corrected chi connectivity index (χ2v) is 4.89. The number of hydrogen-bond acceptors (Lipinski definition) is 2. The smallest absolute Gasteiger partial charge is 0.123 e. The quantitative estimate of drug-likeness (QED) is 0.841. The minimum Gasteiger partial charge on any atom is -0.326 e. The van der Waals surface area contributed by atoms with E-state index in [-0.39, 0.29) is 11.9 Å². The molecule has 2 atom stereocenters. The van der Waals surface area contributed by atoms with Gasteiger partial charge in [0.2, 0.25) is 0 Å². The van der Waals surface area contributed by atoms with Gasteiger partial charge in [0, 0.05) is 12.1 Å². The SMILES string of the molecule is NC1CCCCC1NCCc1cccc(F)c1. The maximum atomic E-state index is 13.0. The third kappa shape index (κ3) is 3.79. The van der Waals surface area contributed by atoms with E-state index in [4.69, 9.17) is 5.73 Å². The zero-order valence-corrected chi connectivity index (χ0v) is 10.2. The Kier molecular flexibility index (Phi) is 4.51. The molecule has 2 nitrogen and oxygen atoms in total. The summed E-state index contributed by atoms with van der Waals surface area (Å²) >= 11 is 0. The maximum Gasteiger partial charge on any atom is 0.123 e. The highest BCUT2D eigenvalue weighted by Gasteiger charge is 2.20. The van der Waals surface area contributed by atoms with Crippen LogP contribution in [-0.4, -0.2) is 18.6 Å². The Morgan fingerprint density at radius 3 is 2.88 bits per heavy atom. The average Bonchev–Trinajstić information content (AvgIpc) is 2.32. The fourth-order valence-corrected chi connectivity index (χ4v) is 2.51. The molecule has 3 N–H and O–H groups in total. The van der Waals surface area contributed by atoms with Gasteiger partial charge in [0.15, 0.2) is 0 Å². The second kappa shape index (κ2) is 6.12. The lowest BCUT2D eigenvalue weighted by molar-refractivity contribution is 0.329. The molecule has 1 fully saturated rings. The van der Waals surface area contributed by atoms with Gasteiger partial charge in [-0.3, -0.25) is 0 Å². The van der Waals surface area contributed by atoms with Crippen LogP contribution in [0.4, 0.5) is 4.39 Å². The van der Waals surface area contributed by atoms with Crippen molar-refractivity contribution in [2.24, 2.45) is 5.73 Å². The van der Waals surface area contributed by atoms with Crippen molar-refractivity contribution in [3.05, 3.63) is 35.6 Å². The first-order chi connectivity index (χ1) is 8.25. The lowest BCUT2D eigenvalue weighted by Crippen LogP contribution is -2.47. The molecule has 0 bridgehead atoms. The number of hydrogen-bond donors (Lipinski definition) is 2. The summed E-state index contributed by atoms with van der Waals surface area (Å²) in [6.07, 6.45) is 5.68. The van der Waals surface area contributed by atoms with Crippen LogP contribution in [0.25, 0.3) is 0 Å². The van der Waals surface area contributed by atoms with E-state index in [1.807, 2.05) is 6.07 Å². The average molecular weight is 236 g/mol. The van der Waals surface area contributed by atoms with Crippen molar-refractivity contribution in [1.29, 1.82) is 0 Å². The van der Waals surface area contributed by atoms with Crippen LogP contribution in [0.1, 0.15) is 31.2 Å². The summed E-state index contributed by atoms with van der Waals surface area (Å²) in [5.74, 6) is -0.156. The minimum absolute atomic E-state index is 0.156. The van der Waals surface area contributed by atoms with Crippen LogP contribution in [-0.2, 0) is 6.42 Å². The highest BCUT2D eigenvalue weighted by molar-refractivity contribution is 5.16. The van der Waals surface area contributed by atoms with Crippen molar-refractivity contribution in [3.8, 4) is 0 Å². The fourth-order valence-electron chi connectivity index (χ4n) is 2.51. The van der Waals surface area contributed by atoms with E-state index in [0.29, 0.717) is 6.04 Å². The van der Waals surface area contributed by atoms with Crippen LogP contribution in [0.2, 0.25) is 0 Å². The molecule has 0 aromatic heterocycles. The molecular formula is C14H21FN2. The summed E-state index contributed by atoms with van der Waals surface area (Å²) in [5, 5.41) is 3.49. The van der Waals surface area contributed by atoms with Crippen LogP contribution in [0.3, 0.4) is 0 Å². The molecule has 1 aliphatic carbocycles. The van der Waals surface area contributed by atoms with Crippen molar-refractivity contribution in [1.82, 2.24) is 5.32 Å². The van der Waals surface area contributed by atoms with Crippen molar-refractivity contribution in [2.75, 3.05) is 6.54 Å². The number of nitrogens with one attached hydrogen (secondary N) is 1. The molecule has 0 radical (unpaired) electrons. The Morgan fingerprint density at radius 2 is 2.12 bits per heavy atom. The minimum atomic E-state index is -0.156. The third-order valence-corrected chi connectivity index (χ3v) is 3.53. The molecule has 1 aliphatic rings. The summed E-state index contributed by atoms with van der Waals surface area (Å²) in [5.41, 5.74) is 7.10. The molecule has 1 aromatic rings. The van der Waals surface area contributed by atoms with Crippen molar-refractivity contribution in [3.63, 3.8) is 0 Å². The molecule has 3 heteroatoms. The third-order valence-electron chi connectivity index (χ3n) is 3.53. The summed E-state index contributed by atoms with van der Waals surface area (Å²) in [6.45, 7) is 0.877. The van der Waals surface area contributed by atoms with Crippen molar-refractivity contribution >= 4 is 0 Å². The van der Waals surface area contributed by atoms with E-state index >= 15 is 0 Å². The van der Waals surface area contributed by atoms with Gasteiger partial charge in [0.1, 0.15) is 5.82 Å². The Morgan fingerprint density at radius 1 is 1.29 bits per heavy atom. The van der Waals surface area contributed by atoms with Crippen LogP contribution < -0.4 is 11.1 Å². The highest BCUT2D eigenvalue weighted by Crippen LogP contribution is 2.16. The lowest BCUT2D eigenvalue weighted by Gasteiger charge is -2.29. The molecule has 0 spiro atoms. The number of rotatable bonds is 4. The summed E-state index contributed by atoms with van der Waals surface area (Å²) in [4.78, 5) is 0. The van der Waals surface area contributed by atoms with Gasteiger partial charge in [-0.25, -0.2) is 4.39 Å². The van der Waals surface area contributed by atoms with E-state index in [0.717, 1.165) is 24.9 Å². The zero-order valence-electron chi connectivity index (χ0n) is 10.2. The van der Waals surface area contributed by atoms with Crippen LogP contribution in [0.5, 0.6) is 0 Å². The summed E-state index contributed by atoms with van der Waals surface area (Å²) in [7, 11) is 0. The van der Waals surface area contributed by atoms with Crippen molar-refractivity contribution in [2.45, 2.75) is 44.2 Å². The molecular weight excluding hydrogens is 215 g/mol. The van der Waals surface area contributed by atoms with E-state index < -0.39 is 0 Å². The van der Waals surface area contributed by atoms with E-state index in [2.05, 4.69) is 5.32 Å². The topological polar surface area (TPSA) is 38.0 Å². The predicted molar refractivity (Wildman–Crippen MR) is 68.3 cm³/mol. The second-order valence-electron chi connectivity index (χ2n) is 4.89. The van der Waals surface area contributed by atoms with Gasteiger partial charge in [-0.2, -0.15) is 0 Å². The lowest BCUT2D eigenvalue weighted by atomic mass is 9.91. The van der Waals surface area contributed by atoms with Crippen LogP contribution >= 0.6 is 0 Å². The van der Waals surface area contributed by atoms with Gasteiger partial charge in [-0.1, -0.05) is 25.0 Å². The standard InChI is InChI=1S/C14H21FN2/c15-12-5-3-4-11(10-12)8-9-17-14-7-2-1-6-13(14)16/h3-5,10,13-14,17H,1-2,6-9,16H2. The maximum absolute atomic E-state index is 13.0. The molecule has 0 saturated heterocycles. The van der Waals surface area contributed by atoms with Gasteiger partial charge < -0.3 is 11.1 Å². The molecule has 0 heterocycles. The number of benzene rings is 1. The Labute approximate surface area is 102 Å². The van der Waals surface area contributed by atoms with Gasteiger partial charge in [0.25, 0.3) is 0 Å². The normalized spacial score (nSPS) is 24.8. The van der Waals surface area contributed by atoms with Gasteiger partial charge in [-0.05, 0) is 43.5 Å². The Balaban J connectivity index is 1.75. The molecule has 2 rings (SSSR count). The van der Waals surface area contributed by atoms with Gasteiger partial charge in [-0.15, -0.1) is 0 Å². The highest BCUT2D eigenvalue weighted by atomic mass is 19.1. The first kappa shape index (κ1) is 12.5. The molecule has 1 saturated carbocycles. The monoisotopic (exact) mass is 236 g/mol. The van der Waals surface area contributed by atoms with E-state index in [1.165, 1.54) is 25.3 Å². The predicted octanol–water partition coefficient (Wildman–Crippen LogP) is 2.23. The van der Waals surface area contributed by atoms with Crippen LogP contribution in [0, 0.1) is 5.82 Å². The molecule has 0 aliphatic heterocycles. The van der Waals surface area contributed by atoms with Gasteiger partial charge >= 0.3 is 0 Å². The molecule has 17 heavy (non-hydrogen) atoms. The summed E-state index contributed by atoms with van der Waals surface area (Å²) < 4.78 is 13.0. The zero-order chi connectivity index (χ0) is 12.1. The largest absolute Gasteiger partial charge is 0.326 e. The first-order valence-corrected chi connectivity index (χ1v) is 6.49. The summed E-state index contributed by atoms with van der Waals surface area (Å²) in [6, 6.07) is 7.53. The van der Waals surface area contributed by atoms with Crippen molar-refractivity contribution < 1.29 is 4.39 Å². The van der Waals surface area contributed by atoms with E-state index in [1.54, 1.807) is 12.1 Å². The molecule has 0 amide bonds. The fraction of sp³-hybridized carbons (Fsp3) is 0.571. The van der Waals surface area contributed by atoms with E-state index in [9.17, 15) is 4.39 Å². The molecule has 1 aromatic carbocycles. The Hall–Kier alpha value is -0.930. The van der Waals surface area contributed by atoms with Gasteiger partial charge in [0.05, 0.1) is 0 Å². The Bertz CT molecular complexity index is 354.